The van der Waals surface area contributed by atoms with Crippen LogP contribution in [0.25, 0.3) is 0 Å². The summed E-state index contributed by atoms with van der Waals surface area (Å²) in [7, 11) is 4.86. The first kappa shape index (κ1) is 23.9. The summed E-state index contributed by atoms with van der Waals surface area (Å²) < 4.78 is 10.6. The van der Waals surface area contributed by atoms with E-state index in [-0.39, 0.29) is 17.4 Å². The van der Waals surface area contributed by atoms with Crippen molar-refractivity contribution in [3.05, 3.63) is 59.7 Å². The molecule has 0 aromatic heterocycles. The van der Waals surface area contributed by atoms with Crippen molar-refractivity contribution < 1.29 is 14.3 Å². The maximum Gasteiger partial charge on any atom is 0.255 e. The van der Waals surface area contributed by atoms with Crippen LogP contribution in [0, 0.1) is 11.5 Å². The Morgan fingerprint density at radius 3 is 2.48 bits per heavy atom. The number of hydrogen-bond acceptors (Lipinski definition) is 5. The van der Waals surface area contributed by atoms with Crippen molar-refractivity contribution >= 4 is 11.9 Å². The normalized spacial score (nSPS) is 20.3. The molecule has 8 heteroatoms. The summed E-state index contributed by atoms with van der Waals surface area (Å²) in [5.41, 5.74) is 1.51. The maximum atomic E-state index is 13.1. The minimum atomic E-state index is -0.180. The Labute approximate surface area is 195 Å². The molecule has 33 heavy (non-hydrogen) atoms. The summed E-state index contributed by atoms with van der Waals surface area (Å²) in [6.07, 6.45) is 5.37. The number of hydrogen-bond donors (Lipinski definition) is 3. The molecule has 1 aliphatic rings. The lowest BCUT2D eigenvalue weighted by Gasteiger charge is -2.41. The minimum Gasteiger partial charge on any atom is -0.497 e. The molecule has 174 valence electrons. The van der Waals surface area contributed by atoms with Gasteiger partial charge in [-0.1, -0.05) is 30.3 Å². The largest absolute Gasteiger partial charge is 0.497 e. The van der Waals surface area contributed by atoms with Gasteiger partial charge in [0.15, 0.2) is 0 Å². The number of nitrogens with one attached hydrogen (secondary N) is 3. The molecule has 0 unspecified atom stereocenters. The molecular weight excluding hydrogens is 418 g/mol. The van der Waals surface area contributed by atoms with Gasteiger partial charge in [-0.15, -0.1) is 4.99 Å². The summed E-state index contributed by atoms with van der Waals surface area (Å²) in [5.74, 6) is 1.42. The zero-order chi connectivity index (χ0) is 23.7. The fourth-order valence-corrected chi connectivity index (χ4v) is 4.41. The van der Waals surface area contributed by atoms with Crippen LogP contribution in [0.4, 0.5) is 0 Å². The highest BCUT2D eigenvalue weighted by Crippen LogP contribution is 2.39. The quantitative estimate of drug-likeness (QED) is 0.341. The van der Waals surface area contributed by atoms with Gasteiger partial charge in [0, 0.05) is 31.1 Å². The molecular formula is C25H31N5O3. The zero-order valence-electron chi connectivity index (χ0n) is 19.4. The van der Waals surface area contributed by atoms with Gasteiger partial charge >= 0.3 is 0 Å². The molecule has 0 radical (unpaired) electrons. The molecule has 8 nitrogen and oxygen atoms in total. The summed E-state index contributed by atoms with van der Waals surface area (Å²) in [6, 6.07) is 15.7. The van der Waals surface area contributed by atoms with Gasteiger partial charge in [-0.25, -0.2) is 0 Å². The Balaban J connectivity index is 1.75. The van der Waals surface area contributed by atoms with Crippen molar-refractivity contribution in [2.45, 2.75) is 37.1 Å². The van der Waals surface area contributed by atoms with E-state index in [1.807, 2.05) is 24.4 Å². The predicted octanol–water partition coefficient (Wildman–Crippen LogP) is 2.96. The highest BCUT2D eigenvalue weighted by molar-refractivity contribution is 5.97. The van der Waals surface area contributed by atoms with E-state index in [4.69, 9.17) is 14.7 Å². The van der Waals surface area contributed by atoms with Gasteiger partial charge in [-0.3, -0.25) is 4.79 Å². The lowest BCUT2D eigenvalue weighted by molar-refractivity contribution is 0.0932. The second-order valence-corrected chi connectivity index (χ2v) is 8.12. The lowest BCUT2D eigenvalue weighted by atomic mass is 9.68. The van der Waals surface area contributed by atoms with Gasteiger partial charge in [-0.2, -0.15) is 5.26 Å². The Hall–Kier alpha value is -3.73. The smallest absolute Gasteiger partial charge is 0.255 e. The molecule has 2 aromatic rings. The average Bonchev–Trinajstić information content (AvgIpc) is 2.88. The topological polar surface area (TPSA) is 108 Å². The molecule has 1 saturated carbocycles. The molecule has 3 N–H and O–H groups in total. The van der Waals surface area contributed by atoms with Gasteiger partial charge in [0.2, 0.25) is 12.2 Å². The van der Waals surface area contributed by atoms with Crippen LogP contribution in [0.3, 0.4) is 0 Å². The van der Waals surface area contributed by atoms with Crippen LogP contribution < -0.4 is 25.4 Å². The lowest BCUT2D eigenvalue weighted by Crippen LogP contribution is -2.49. The summed E-state index contributed by atoms with van der Waals surface area (Å²) >= 11 is 0. The van der Waals surface area contributed by atoms with Gasteiger partial charge < -0.3 is 25.4 Å². The second kappa shape index (κ2) is 11.2. The van der Waals surface area contributed by atoms with E-state index in [1.54, 1.807) is 39.5 Å². The fraction of sp³-hybridized carbons (Fsp3) is 0.400. The number of rotatable bonds is 7. The van der Waals surface area contributed by atoms with Crippen LogP contribution in [0.5, 0.6) is 11.5 Å². The van der Waals surface area contributed by atoms with E-state index in [2.05, 4.69) is 33.1 Å². The Bertz CT molecular complexity index is 1010. The third-order valence-electron chi connectivity index (χ3n) is 6.31. The standard InChI is InChI=1S/C25H31N5O3/c1-27-24(29-17-26)30-19-11-13-25(14-12-19,18-7-5-4-6-8-18)16-28-23(31)21-10-9-20(32-2)15-22(21)33-3/h4-10,15,19H,11-14,16H2,1-3H3,(H,28,31)(H2,27,29,30)/t19-,25-. The van der Waals surface area contributed by atoms with Crippen LogP contribution in [-0.2, 0) is 5.41 Å². The van der Waals surface area contributed by atoms with Crippen molar-refractivity contribution in [1.29, 1.82) is 5.26 Å². The molecule has 0 atom stereocenters. The first-order valence-electron chi connectivity index (χ1n) is 11.0. The molecule has 1 amide bonds. The van der Waals surface area contributed by atoms with Crippen LogP contribution in [0.2, 0.25) is 0 Å². The van der Waals surface area contributed by atoms with Crippen molar-refractivity contribution in [3.8, 4) is 17.7 Å². The van der Waals surface area contributed by atoms with Crippen LogP contribution >= 0.6 is 0 Å². The van der Waals surface area contributed by atoms with Gasteiger partial charge in [0.05, 0.1) is 19.8 Å². The maximum absolute atomic E-state index is 13.1. The predicted molar refractivity (Wildman–Crippen MR) is 127 cm³/mol. The third-order valence-corrected chi connectivity index (χ3v) is 6.31. The molecule has 1 fully saturated rings. The van der Waals surface area contributed by atoms with Crippen molar-refractivity contribution in [2.24, 2.45) is 4.99 Å². The first-order valence-corrected chi connectivity index (χ1v) is 11.0. The van der Waals surface area contributed by atoms with E-state index in [0.717, 1.165) is 25.7 Å². The summed E-state index contributed by atoms with van der Waals surface area (Å²) in [5, 5.41) is 18.2. The van der Waals surface area contributed by atoms with E-state index < -0.39 is 0 Å². The molecule has 2 aromatic carbocycles. The van der Waals surface area contributed by atoms with Crippen LogP contribution in [-0.4, -0.2) is 45.7 Å². The van der Waals surface area contributed by atoms with Crippen LogP contribution in [0.15, 0.2) is 53.5 Å². The number of amides is 1. The van der Waals surface area contributed by atoms with E-state index >= 15 is 0 Å². The molecule has 0 spiro atoms. The van der Waals surface area contributed by atoms with E-state index in [1.165, 1.54) is 5.56 Å². The van der Waals surface area contributed by atoms with Crippen molar-refractivity contribution in [3.63, 3.8) is 0 Å². The molecule has 3 rings (SSSR count). The Kier molecular flexibility index (Phi) is 8.14. The highest BCUT2D eigenvalue weighted by Gasteiger charge is 2.37. The number of nitrogens with zero attached hydrogens (tertiary/aromatic N) is 2. The molecule has 0 heterocycles. The number of nitriles is 1. The third kappa shape index (κ3) is 5.75. The van der Waals surface area contributed by atoms with Crippen molar-refractivity contribution in [1.82, 2.24) is 16.0 Å². The summed E-state index contributed by atoms with van der Waals surface area (Å²) in [6.45, 7) is 0.517. The van der Waals surface area contributed by atoms with E-state index in [0.29, 0.717) is 29.6 Å². The molecule has 0 bridgehead atoms. The minimum absolute atomic E-state index is 0.177. The number of benzene rings is 2. The second-order valence-electron chi connectivity index (χ2n) is 8.12. The van der Waals surface area contributed by atoms with Gasteiger partial charge in [0.1, 0.15) is 11.5 Å². The summed E-state index contributed by atoms with van der Waals surface area (Å²) in [4.78, 5) is 16.8. The van der Waals surface area contributed by atoms with E-state index in [9.17, 15) is 4.79 Å². The van der Waals surface area contributed by atoms with Gasteiger partial charge in [0.25, 0.3) is 5.91 Å². The molecule has 0 aliphatic heterocycles. The molecule has 1 aliphatic carbocycles. The number of aliphatic imine (C=N–C) groups is 1. The monoisotopic (exact) mass is 449 g/mol. The number of ether oxygens (including phenoxy) is 2. The van der Waals surface area contributed by atoms with Crippen LogP contribution in [0.1, 0.15) is 41.6 Å². The number of carbonyl (C=O) groups is 1. The molecule has 0 saturated heterocycles. The number of guanidine groups is 1. The zero-order valence-corrected chi connectivity index (χ0v) is 19.4. The SMILES string of the molecule is CN/C(=N\C#N)N[C@H]1CC[C@](CNC(=O)c2ccc(OC)cc2OC)(c2ccccc2)CC1. The fourth-order valence-electron chi connectivity index (χ4n) is 4.41. The Morgan fingerprint density at radius 2 is 1.88 bits per heavy atom. The Morgan fingerprint density at radius 1 is 1.15 bits per heavy atom. The van der Waals surface area contributed by atoms with Crippen molar-refractivity contribution in [2.75, 3.05) is 27.8 Å². The first-order chi connectivity index (χ1) is 16.0. The van der Waals surface area contributed by atoms with Gasteiger partial charge in [-0.05, 0) is 43.4 Å². The number of carbonyl (C=O) groups excluding carboxylic acids is 1. The number of methoxy groups -OCH3 is 2. The average molecular weight is 450 g/mol. The highest BCUT2D eigenvalue weighted by atomic mass is 16.5.